The van der Waals surface area contributed by atoms with Gasteiger partial charge in [0, 0.05) is 38.5 Å². The minimum absolute atomic E-state index is 0.0146. The number of carbonyl (C=O) groups is 1. The smallest absolute Gasteiger partial charge is 0.230 e. The maximum Gasteiger partial charge on any atom is 0.230 e. The molecule has 7 nitrogen and oxygen atoms in total. The van der Waals surface area contributed by atoms with Crippen molar-refractivity contribution >= 4 is 17.7 Å². The van der Waals surface area contributed by atoms with Crippen molar-refractivity contribution in [1.29, 1.82) is 0 Å². The lowest BCUT2D eigenvalue weighted by atomic mass is 10.2. The van der Waals surface area contributed by atoms with Crippen molar-refractivity contribution in [1.82, 2.24) is 19.8 Å². The number of rotatable bonds is 9. The van der Waals surface area contributed by atoms with E-state index in [9.17, 15) is 4.79 Å². The summed E-state index contributed by atoms with van der Waals surface area (Å²) in [6, 6.07) is 10.5. The fourth-order valence-electron chi connectivity index (χ4n) is 4.24. The quantitative estimate of drug-likeness (QED) is 0.583. The Hall–Kier alpha value is -1.87. The molecule has 1 aromatic carbocycles. The van der Waals surface area contributed by atoms with Crippen LogP contribution in [-0.4, -0.2) is 71.2 Å². The zero-order valence-corrected chi connectivity index (χ0v) is 19.9. The van der Waals surface area contributed by atoms with E-state index in [4.69, 9.17) is 9.47 Å². The number of benzene rings is 1. The Morgan fingerprint density at radius 1 is 1.19 bits per heavy atom. The van der Waals surface area contributed by atoms with Gasteiger partial charge in [-0.3, -0.25) is 9.69 Å². The third-order valence-corrected chi connectivity index (χ3v) is 7.14. The summed E-state index contributed by atoms with van der Waals surface area (Å²) < 4.78 is 13.9. The number of aryl methyl sites for hydroxylation is 1. The molecule has 4 rings (SSSR count). The number of nitrogens with zero attached hydrogens (tertiary/aromatic N) is 3. The fraction of sp³-hybridized carbons (Fsp3) is 0.583. The molecule has 32 heavy (non-hydrogen) atoms. The summed E-state index contributed by atoms with van der Waals surface area (Å²) in [5.74, 6) is 0.364. The van der Waals surface area contributed by atoms with Gasteiger partial charge in [0.05, 0.1) is 36.8 Å². The van der Waals surface area contributed by atoms with Gasteiger partial charge in [-0.05, 0) is 32.3 Å². The van der Waals surface area contributed by atoms with Crippen molar-refractivity contribution in [3.8, 4) is 0 Å². The zero-order valence-electron chi connectivity index (χ0n) is 19.1. The lowest BCUT2D eigenvalue weighted by Gasteiger charge is -2.33. The van der Waals surface area contributed by atoms with E-state index < -0.39 is 0 Å². The molecule has 2 aliphatic heterocycles. The molecule has 2 fully saturated rings. The third-order valence-electron chi connectivity index (χ3n) is 6.16. The van der Waals surface area contributed by atoms with Crippen LogP contribution in [0.3, 0.4) is 0 Å². The topological polar surface area (TPSA) is 68.6 Å². The van der Waals surface area contributed by atoms with Crippen molar-refractivity contribution in [2.75, 3.05) is 38.6 Å². The summed E-state index contributed by atoms with van der Waals surface area (Å²) >= 11 is 1.50. The third kappa shape index (κ3) is 6.34. The number of aromatic nitrogens is 2. The van der Waals surface area contributed by atoms with E-state index in [0.29, 0.717) is 18.9 Å². The Morgan fingerprint density at radius 2 is 2.00 bits per heavy atom. The Bertz CT molecular complexity index is 883. The van der Waals surface area contributed by atoms with E-state index in [1.54, 1.807) is 0 Å². The molecule has 0 spiro atoms. The Balaban J connectivity index is 1.22. The summed E-state index contributed by atoms with van der Waals surface area (Å²) in [5.41, 5.74) is 3.47. The van der Waals surface area contributed by atoms with Crippen molar-refractivity contribution in [3.63, 3.8) is 0 Å². The summed E-state index contributed by atoms with van der Waals surface area (Å²) in [6.45, 7) is 9.65. The number of hydrogen-bond donors (Lipinski definition) is 1. The highest BCUT2D eigenvalue weighted by Gasteiger charge is 2.23. The minimum Gasteiger partial charge on any atom is -0.376 e. The zero-order chi connectivity index (χ0) is 22.3. The van der Waals surface area contributed by atoms with Crippen LogP contribution in [-0.2, 0) is 27.4 Å². The first-order chi connectivity index (χ1) is 15.6. The molecule has 0 unspecified atom stereocenters. The average molecular weight is 459 g/mol. The van der Waals surface area contributed by atoms with Gasteiger partial charge in [-0.25, -0.2) is 4.98 Å². The average Bonchev–Trinajstić information content (AvgIpc) is 3.41. The second kappa shape index (κ2) is 11.3. The lowest BCUT2D eigenvalue weighted by Crippen LogP contribution is -2.47. The normalized spacial score (nSPS) is 21.7. The predicted molar refractivity (Wildman–Crippen MR) is 126 cm³/mol. The first-order valence-electron chi connectivity index (χ1n) is 11.5. The van der Waals surface area contributed by atoms with Crippen LogP contribution in [0.15, 0.2) is 35.5 Å². The van der Waals surface area contributed by atoms with Crippen LogP contribution in [0.4, 0.5) is 0 Å². The van der Waals surface area contributed by atoms with Crippen LogP contribution in [0.2, 0.25) is 0 Å². The number of ether oxygens (including phenoxy) is 2. The number of amides is 1. The maximum absolute atomic E-state index is 12.5. The van der Waals surface area contributed by atoms with Gasteiger partial charge in [-0.1, -0.05) is 42.1 Å². The largest absolute Gasteiger partial charge is 0.376 e. The summed E-state index contributed by atoms with van der Waals surface area (Å²) in [7, 11) is 0. The van der Waals surface area contributed by atoms with Crippen molar-refractivity contribution in [3.05, 3.63) is 47.3 Å². The van der Waals surface area contributed by atoms with E-state index in [0.717, 1.165) is 62.2 Å². The van der Waals surface area contributed by atoms with Gasteiger partial charge in [0.25, 0.3) is 0 Å². The van der Waals surface area contributed by atoms with E-state index in [-0.39, 0.29) is 18.1 Å². The summed E-state index contributed by atoms with van der Waals surface area (Å²) in [6.07, 6.45) is 2.48. The van der Waals surface area contributed by atoms with Crippen molar-refractivity contribution in [2.45, 2.75) is 57.1 Å². The van der Waals surface area contributed by atoms with Gasteiger partial charge >= 0.3 is 0 Å². The van der Waals surface area contributed by atoms with Crippen molar-refractivity contribution in [2.24, 2.45) is 0 Å². The van der Waals surface area contributed by atoms with Gasteiger partial charge in [0.1, 0.15) is 0 Å². The van der Waals surface area contributed by atoms with Gasteiger partial charge in [0.2, 0.25) is 5.91 Å². The molecule has 2 aliphatic rings. The van der Waals surface area contributed by atoms with E-state index in [2.05, 4.69) is 51.0 Å². The van der Waals surface area contributed by atoms with Gasteiger partial charge in [-0.2, -0.15) is 0 Å². The second-order valence-corrected chi connectivity index (χ2v) is 9.56. The van der Waals surface area contributed by atoms with Gasteiger partial charge in [-0.15, -0.1) is 0 Å². The number of carbonyl (C=O) groups excluding carboxylic acids is 1. The molecule has 2 aromatic rings. The van der Waals surface area contributed by atoms with Crippen LogP contribution in [0, 0.1) is 13.8 Å². The van der Waals surface area contributed by atoms with E-state index in [1.807, 2.05) is 13.0 Å². The minimum atomic E-state index is 0.0146. The Kier molecular flexibility index (Phi) is 8.24. The predicted octanol–water partition coefficient (Wildman–Crippen LogP) is 2.79. The number of nitrogens with one attached hydrogen (secondary N) is 1. The summed E-state index contributed by atoms with van der Waals surface area (Å²) in [4.78, 5) is 19.6. The van der Waals surface area contributed by atoms with Crippen LogP contribution in [0.5, 0.6) is 0 Å². The maximum atomic E-state index is 12.5. The van der Waals surface area contributed by atoms with Crippen LogP contribution < -0.4 is 5.32 Å². The molecule has 0 bridgehead atoms. The van der Waals surface area contributed by atoms with Crippen molar-refractivity contribution < 1.29 is 14.3 Å². The molecule has 8 heteroatoms. The molecule has 2 saturated heterocycles. The molecular weight excluding hydrogens is 424 g/mol. The molecule has 3 heterocycles. The molecule has 0 saturated carbocycles. The van der Waals surface area contributed by atoms with E-state index in [1.165, 1.54) is 17.3 Å². The van der Waals surface area contributed by atoms with Crippen LogP contribution >= 0.6 is 11.8 Å². The first-order valence-corrected chi connectivity index (χ1v) is 12.5. The van der Waals surface area contributed by atoms with E-state index >= 15 is 0 Å². The highest BCUT2D eigenvalue weighted by atomic mass is 32.2. The molecule has 0 radical (unpaired) electrons. The molecule has 0 aliphatic carbocycles. The number of thioether (sulfide) groups is 1. The molecule has 1 N–H and O–H groups in total. The Morgan fingerprint density at radius 3 is 2.78 bits per heavy atom. The SMILES string of the molecule is Cc1nc(SCC(=O)NC[C@@H]2CN(Cc3ccccc3)CCO2)n(C[C@@H]2CCCO2)c1C. The fourth-order valence-corrected chi connectivity index (χ4v) is 5.17. The van der Waals surface area contributed by atoms with Crippen LogP contribution in [0.1, 0.15) is 29.8 Å². The Labute approximate surface area is 194 Å². The standard InChI is InChI=1S/C24H34N4O3S/c1-18-19(2)28(16-21-9-6-11-30-21)24(26-18)32-17-23(29)25-13-22-15-27(10-12-31-22)14-20-7-4-3-5-8-20/h3-5,7-8,21-22H,6,9-17H2,1-2H3,(H,25,29)/t21-,22+/m0/s1. The number of hydrogen-bond acceptors (Lipinski definition) is 6. The molecule has 174 valence electrons. The molecule has 2 atom stereocenters. The highest BCUT2D eigenvalue weighted by Crippen LogP contribution is 2.24. The number of imidazole rings is 1. The van der Waals surface area contributed by atoms with Gasteiger partial charge < -0.3 is 19.4 Å². The highest BCUT2D eigenvalue weighted by molar-refractivity contribution is 7.99. The monoisotopic (exact) mass is 458 g/mol. The lowest BCUT2D eigenvalue weighted by molar-refractivity contribution is -0.119. The molecule has 1 aromatic heterocycles. The van der Waals surface area contributed by atoms with Crippen LogP contribution in [0.25, 0.3) is 0 Å². The number of morpholine rings is 1. The second-order valence-electron chi connectivity index (χ2n) is 8.62. The molecular formula is C24H34N4O3S. The van der Waals surface area contributed by atoms with Gasteiger partial charge in [0.15, 0.2) is 5.16 Å². The molecule has 1 amide bonds. The first kappa shape index (κ1) is 23.3. The summed E-state index contributed by atoms with van der Waals surface area (Å²) in [5, 5.41) is 3.94.